The molecule has 5 heteroatoms. The normalized spacial score (nSPS) is 20.2. The number of nitrogens with zero attached hydrogens (tertiary/aromatic N) is 1. The molecule has 1 aromatic carbocycles. The molecule has 0 atom stereocenters. The summed E-state index contributed by atoms with van der Waals surface area (Å²) in [7, 11) is 0. The van der Waals surface area contributed by atoms with E-state index in [2.05, 4.69) is 22.3 Å². The third-order valence-electron chi connectivity index (χ3n) is 5.96. The standard InChI is InChI=1S/C22H34N2O3/c1-2-27-20-9-6-19(7-10-20)8-11-21(25)23-18-22(12-4-3-5-13-22)24-14-16-26-17-15-24/h6-7,9-10H,2-5,8,11-18H2,1H3,(H,23,25). The average Bonchev–Trinajstić information content (AvgIpc) is 2.73. The number of carbonyl (C=O) groups excluding carboxylic acids is 1. The summed E-state index contributed by atoms with van der Waals surface area (Å²) >= 11 is 0. The second-order valence-corrected chi connectivity index (χ2v) is 7.74. The van der Waals surface area contributed by atoms with Gasteiger partial charge in [-0.1, -0.05) is 31.4 Å². The molecule has 5 nitrogen and oxygen atoms in total. The Morgan fingerprint density at radius 1 is 1.15 bits per heavy atom. The van der Waals surface area contributed by atoms with Gasteiger partial charge in [-0.2, -0.15) is 0 Å². The highest BCUT2D eigenvalue weighted by atomic mass is 16.5. The molecule has 1 aliphatic heterocycles. The van der Waals surface area contributed by atoms with Gasteiger partial charge in [-0.05, 0) is 43.9 Å². The van der Waals surface area contributed by atoms with Gasteiger partial charge in [0.15, 0.2) is 0 Å². The first-order valence-corrected chi connectivity index (χ1v) is 10.5. The van der Waals surface area contributed by atoms with Crippen LogP contribution >= 0.6 is 0 Å². The molecule has 0 aromatic heterocycles. The van der Waals surface area contributed by atoms with Crippen LogP contribution < -0.4 is 10.1 Å². The number of morpholine rings is 1. The maximum atomic E-state index is 12.5. The minimum absolute atomic E-state index is 0.136. The molecule has 0 bridgehead atoms. The van der Waals surface area contributed by atoms with E-state index in [0.717, 1.165) is 45.0 Å². The van der Waals surface area contributed by atoms with Crippen LogP contribution in [0.5, 0.6) is 5.75 Å². The maximum Gasteiger partial charge on any atom is 0.220 e. The van der Waals surface area contributed by atoms with Crippen molar-refractivity contribution >= 4 is 5.91 Å². The molecule has 1 aliphatic carbocycles. The van der Waals surface area contributed by atoms with Crippen molar-refractivity contribution in [2.45, 2.75) is 57.4 Å². The zero-order chi connectivity index (χ0) is 19.0. The topological polar surface area (TPSA) is 50.8 Å². The number of amides is 1. The number of ether oxygens (including phenoxy) is 2. The largest absolute Gasteiger partial charge is 0.494 e. The molecule has 150 valence electrons. The van der Waals surface area contributed by atoms with Crippen LogP contribution in [0.1, 0.15) is 51.0 Å². The minimum Gasteiger partial charge on any atom is -0.494 e. The van der Waals surface area contributed by atoms with Crippen LogP contribution in [0.3, 0.4) is 0 Å². The summed E-state index contributed by atoms with van der Waals surface area (Å²) < 4.78 is 11.0. The number of rotatable bonds is 8. The quantitative estimate of drug-likeness (QED) is 0.759. The Kier molecular flexibility index (Phi) is 7.53. The van der Waals surface area contributed by atoms with E-state index >= 15 is 0 Å². The van der Waals surface area contributed by atoms with Crippen molar-refractivity contribution in [1.82, 2.24) is 10.2 Å². The van der Waals surface area contributed by atoms with E-state index in [0.29, 0.717) is 13.0 Å². The van der Waals surface area contributed by atoms with E-state index in [1.807, 2.05) is 19.1 Å². The third-order valence-corrected chi connectivity index (χ3v) is 5.96. The summed E-state index contributed by atoms with van der Waals surface area (Å²) in [4.78, 5) is 15.0. The van der Waals surface area contributed by atoms with Gasteiger partial charge in [0.1, 0.15) is 5.75 Å². The lowest BCUT2D eigenvalue weighted by Crippen LogP contribution is -2.59. The minimum atomic E-state index is 0.136. The molecule has 3 rings (SSSR count). The lowest BCUT2D eigenvalue weighted by Gasteiger charge is -2.48. The summed E-state index contributed by atoms with van der Waals surface area (Å²) in [6.07, 6.45) is 7.52. The summed E-state index contributed by atoms with van der Waals surface area (Å²) in [5, 5.41) is 3.25. The molecule has 1 saturated carbocycles. The van der Waals surface area contributed by atoms with Crippen molar-refractivity contribution in [2.75, 3.05) is 39.5 Å². The first kappa shape index (κ1) is 20.2. The third kappa shape index (κ3) is 5.69. The van der Waals surface area contributed by atoms with Gasteiger partial charge in [0.25, 0.3) is 0 Å². The van der Waals surface area contributed by atoms with Crippen molar-refractivity contribution in [3.63, 3.8) is 0 Å². The van der Waals surface area contributed by atoms with Crippen molar-refractivity contribution < 1.29 is 14.3 Å². The number of benzene rings is 1. The molecule has 0 radical (unpaired) electrons. The van der Waals surface area contributed by atoms with Crippen LogP contribution in [0.15, 0.2) is 24.3 Å². The molecule has 2 fully saturated rings. The van der Waals surface area contributed by atoms with Gasteiger partial charge in [-0.15, -0.1) is 0 Å². The first-order valence-electron chi connectivity index (χ1n) is 10.5. The fourth-order valence-electron chi connectivity index (χ4n) is 4.38. The van der Waals surface area contributed by atoms with Crippen LogP contribution in [0.2, 0.25) is 0 Å². The Bertz CT molecular complexity index is 576. The van der Waals surface area contributed by atoms with Crippen LogP contribution in [0, 0.1) is 0 Å². The maximum absolute atomic E-state index is 12.5. The number of hydrogen-bond donors (Lipinski definition) is 1. The van der Waals surface area contributed by atoms with E-state index in [-0.39, 0.29) is 11.4 Å². The molecule has 1 amide bonds. The van der Waals surface area contributed by atoms with E-state index in [1.54, 1.807) is 0 Å². The number of carbonyl (C=O) groups is 1. The van der Waals surface area contributed by atoms with Crippen molar-refractivity contribution in [3.8, 4) is 5.75 Å². The molecule has 1 aromatic rings. The second-order valence-electron chi connectivity index (χ2n) is 7.74. The number of aryl methyl sites for hydroxylation is 1. The fourth-order valence-corrected chi connectivity index (χ4v) is 4.38. The van der Waals surface area contributed by atoms with Crippen LogP contribution in [-0.4, -0.2) is 55.8 Å². The van der Waals surface area contributed by atoms with Crippen LogP contribution in [0.4, 0.5) is 0 Å². The smallest absolute Gasteiger partial charge is 0.220 e. The first-order chi connectivity index (χ1) is 13.2. The predicted molar refractivity (Wildman–Crippen MR) is 107 cm³/mol. The average molecular weight is 375 g/mol. The zero-order valence-electron chi connectivity index (χ0n) is 16.7. The molecule has 1 heterocycles. The lowest BCUT2D eigenvalue weighted by molar-refractivity contribution is -0.122. The van der Waals surface area contributed by atoms with Gasteiger partial charge < -0.3 is 14.8 Å². The zero-order valence-corrected chi connectivity index (χ0v) is 16.7. The van der Waals surface area contributed by atoms with Gasteiger partial charge in [0, 0.05) is 31.6 Å². The van der Waals surface area contributed by atoms with Crippen molar-refractivity contribution in [1.29, 1.82) is 0 Å². The van der Waals surface area contributed by atoms with Gasteiger partial charge in [-0.3, -0.25) is 9.69 Å². The highest BCUT2D eigenvalue weighted by molar-refractivity contribution is 5.76. The van der Waals surface area contributed by atoms with Crippen molar-refractivity contribution in [2.24, 2.45) is 0 Å². The fraction of sp³-hybridized carbons (Fsp3) is 0.682. The van der Waals surface area contributed by atoms with E-state index < -0.39 is 0 Å². The Labute approximate surface area is 163 Å². The van der Waals surface area contributed by atoms with Crippen LogP contribution in [0.25, 0.3) is 0 Å². The molecule has 0 unspecified atom stereocenters. The highest BCUT2D eigenvalue weighted by Gasteiger charge is 2.38. The SMILES string of the molecule is CCOc1ccc(CCC(=O)NCC2(N3CCOCC3)CCCCC2)cc1. The number of nitrogens with one attached hydrogen (secondary N) is 1. The lowest BCUT2D eigenvalue weighted by atomic mass is 9.79. The summed E-state index contributed by atoms with van der Waals surface area (Å²) in [6.45, 7) is 7.03. The monoisotopic (exact) mass is 374 g/mol. The van der Waals surface area contributed by atoms with Gasteiger partial charge in [-0.25, -0.2) is 0 Å². The molecule has 1 saturated heterocycles. The summed E-state index contributed by atoms with van der Waals surface area (Å²) in [6, 6.07) is 8.06. The Hall–Kier alpha value is -1.59. The van der Waals surface area contributed by atoms with Gasteiger partial charge in [0.05, 0.1) is 19.8 Å². The van der Waals surface area contributed by atoms with E-state index in [9.17, 15) is 4.79 Å². The molecular weight excluding hydrogens is 340 g/mol. The van der Waals surface area contributed by atoms with Gasteiger partial charge in [0.2, 0.25) is 5.91 Å². The Morgan fingerprint density at radius 3 is 2.52 bits per heavy atom. The molecule has 2 aliphatic rings. The van der Waals surface area contributed by atoms with E-state index in [1.165, 1.54) is 37.7 Å². The molecule has 27 heavy (non-hydrogen) atoms. The van der Waals surface area contributed by atoms with Crippen LogP contribution in [-0.2, 0) is 16.0 Å². The number of hydrogen-bond acceptors (Lipinski definition) is 4. The Morgan fingerprint density at radius 2 is 1.85 bits per heavy atom. The molecule has 1 N–H and O–H groups in total. The summed E-state index contributed by atoms with van der Waals surface area (Å²) in [5.74, 6) is 1.04. The van der Waals surface area contributed by atoms with Crippen molar-refractivity contribution in [3.05, 3.63) is 29.8 Å². The Balaban J connectivity index is 1.48. The van der Waals surface area contributed by atoms with E-state index in [4.69, 9.17) is 9.47 Å². The highest BCUT2D eigenvalue weighted by Crippen LogP contribution is 2.33. The second kappa shape index (κ2) is 10.1. The van der Waals surface area contributed by atoms with Gasteiger partial charge >= 0.3 is 0 Å². The molecular formula is C22H34N2O3. The molecule has 0 spiro atoms. The summed E-state index contributed by atoms with van der Waals surface area (Å²) in [5.41, 5.74) is 1.31. The predicted octanol–water partition coefficient (Wildman–Crippen LogP) is 3.17.